The molecule has 0 saturated carbocycles. The second-order valence-electron chi connectivity index (χ2n) is 5.09. The molecule has 1 aliphatic rings. The lowest BCUT2D eigenvalue weighted by Crippen LogP contribution is -2.39. The zero-order valence-electron chi connectivity index (χ0n) is 11.7. The number of carbonyl (C=O) groups is 1. The molecular weight excluding hydrogens is 240 g/mol. The molecule has 0 bridgehead atoms. The van der Waals surface area contributed by atoms with Crippen LogP contribution in [0.1, 0.15) is 18.4 Å². The van der Waals surface area contributed by atoms with Crippen molar-refractivity contribution in [2.24, 2.45) is 0 Å². The summed E-state index contributed by atoms with van der Waals surface area (Å²) in [7, 11) is 3.52. The molecule has 1 aliphatic heterocycles. The first kappa shape index (κ1) is 13.9. The lowest BCUT2D eigenvalue weighted by molar-refractivity contribution is -0.129. The van der Waals surface area contributed by atoms with E-state index >= 15 is 0 Å². The predicted molar refractivity (Wildman–Crippen MR) is 75.4 cm³/mol. The second-order valence-corrected chi connectivity index (χ2v) is 5.09. The smallest absolute Gasteiger partial charge is 0.226 e. The minimum Gasteiger partial charge on any atom is -0.497 e. The van der Waals surface area contributed by atoms with Gasteiger partial charge in [0.1, 0.15) is 5.75 Å². The van der Waals surface area contributed by atoms with Gasteiger partial charge in [0, 0.05) is 19.6 Å². The van der Waals surface area contributed by atoms with Crippen LogP contribution in [0.25, 0.3) is 0 Å². The summed E-state index contributed by atoms with van der Waals surface area (Å²) in [5.74, 6) is 0.985. The number of hydrogen-bond acceptors (Lipinski definition) is 3. The molecule has 0 spiro atoms. The Bertz CT molecular complexity index is 411. The molecule has 0 aromatic heterocycles. The number of nitrogens with zero attached hydrogens (tertiary/aromatic N) is 1. The van der Waals surface area contributed by atoms with Crippen molar-refractivity contribution in [2.75, 3.05) is 27.2 Å². The zero-order valence-corrected chi connectivity index (χ0v) is 11.7. The molecule has 1 fully saturated rings. The van der Waals surface area contributed by atoms with Gasteiger partial charge in [0.15, 0.2) is 0 Å². The maximum atomic E-state index is 12.1. The van der Waals surface area contributed by atoms with Gasteiger partial charge in [-0.25, -0.2) is 0 Å². The molecule has 1 N–H and O–H groups in total. The van der Waals surface area contributed by atoms with E-state index in [1.54, 1.807) is 7.11 Å². The summed E-state index contributed by atoms with van der Waals surface area (Å²) in [6.07, 6.45) is 2.83. The van der Waals surface area contributed by atoms with Crippen LogP contribution in [0.5, 0.6) is 5.75 Å². The molecule has 1 aromatic rings. The van der Waals surface area contributed by atoms with Gasteiger partial charge in [-0.1, -0.05) is 12.1 Å². The normalized spacial score (nSPS) is 18.3. The highest BCUT2D eigenvalue weighted by Gasteiger charge is 2.18. The summed E-state index contributed by atoms with van der Waals surface area (Å²) in [6, 6.07) is 8.13. The van der Waals surface area contributed by atoms with E-state index in [0.717, 1.165) is 24.4 Å². The predicted octanol–water partition coefficient (Wildman–Crippen LogP) is 1.45. The molecule has 0 aliphatic carbocycles. The lowest BCUT2D eigenvalue weighted by atomic mass is 10.1. The maximum absolute atomic E-state index is 12.1. The van der Waals surface area contributed by atoms with Gasteiger partial charge < -0.3 is 15.0 Å². The van der Waals surface area contributed by atoms with Gasteiger partial charge in [-0.15, -0.1) is 0 Å². The summed E-state index contributed by atoms with van der Waals surface area (Å²) in [5.41, 5.74) is 1.03. The number of carbonyl (C=O) groups excluding carboxylic acids is 1. The summed E-state index contributed by atoms with van der Waals surface area (Å²) in [4.78, 5) is 13.9. The molecule has 4 nitrogen and oxygen atoms in total. The fraction of sp³-hybridized carbons (Fsp3) is 0.533. The van der Waals surface area contributed by atoms with Crippen molar-refractivity contribution in [3.63, 3.8) is 0 Å². The summed E-state index contributed by atoms with van der Waals surface area (Å²) < 4.78 is 5.11. The van der Waals surface area contributed by atoms with Crippen LogP contribution in [-0.4, -0.2) is 44.1 Å². The van der Waals surface area contributed by atoms with Crippen LogP contribution in [-0.2, 0) is 11.2 Å². The molecule has 104 valence electrons. The van der Waals surface area contributed by atoms with Crippen LogP contribution in [0.4, 0.5) is 0 Å². The Balaban J connectivity index is 1.84. The highest BCUT2D eigenvalue weighted by Crippen LogP contribution is 2.13. The minimum atomic E-state index is 0.166. The number of amides is 1. The number of methoxy groups -OCH3 is 1. The molecule has 1 atom stereocenters. The van der Waals surface area contributed by atoms with E-state index in [2.05, 4.69) is 5.32 Å². The van der Waals surface area contributed by atoms with Crippen LogP contribution in [0.2, 0.25) is 0 Å². The third-order valence-electron chi connectivity index (χ3n) is 3.60. The Hall–Kier alpha value is -1.55. The monoisotopic (exact) mass is 262 g/mol. The van der Waals surface area contributed by atoms with Crippen LogP contribution in [0, 0.1) is 0 Å². The van der Waals surface area contributed by atoms with Crippen molar-refractivity contribution < 1.29 is 9.53 Å². The Morgan fingerprint density at radius 1 is 1.42 bits per heavy atom. The van der Waals surface area contributed by atoms with Crippen molar-refractivity contribution in [1.82, 2.24) is 10.2 Å². The lowest BCUT2D eigenvalue weighted by Gasteiger charge is -2.21. The summed E-state index contributed by atoms with van der Waals surface area (Å²) in [6.45, 7) is 1.88. The van der Waals surface area contributed by atoms with E-state index in [4.69, 9.17) is 4.74 Å². The highest BCUT2D eigenvalue weighted by atomic mass is 16.5. The first-order valence-electron chi connectivity index (χ1n) is 6.79. The van der Waals surface area contributed by atoms with E-state index in [9.17, 15) is 4.79 Å². The van der Waals surface area contributed by atoms with Crippen molar-refractivity contribution in [2.45, 2.75) is 25.3 Å². The number of hydrogen-bond donors (Lipinski definition) is 1. The quantitative estimate of drug-likeness (QED) is 0.873. The highest BCUT2D eigenvalue weighted by molar-refractivity contribution is 5.78. The molecule has 1 amide bonds. The van der Waals surface area contributed by atoms with Gasteiger partial charge in [-0.2, -0.15) is 0 Å². The molecule has 1 aromatic carbocycles. The summed E-state index contributed by atoms with van der Waals surface area (Å²) in [5, 5.41) is 3.41. The number of ether oxygens (including phenoxy) is 1. The number of rotatable bonds is 5. The third-order valence-corrected chi connectivity index (χ3v) is 3.60. The van der Waals surface area contributed by atoms with Gasteiger partial charge in [0.2, 0.25) is 5.91 Å². The topological polar surface area (TPSA) is 41.6 Å². The first-order chi connectivity index (χ1) is 9.19. The number of nitrogens with one attached hydrogen (secondary N) is 1. The second kappa shape index (κ2) is 6.57. The van der Waals surface area contributed by atoms with E-state index in [1.807, 2.05) is 36.2 Å². The molecule has 1 heterocycles. The van der Waals surface area contributed by atoms with Crippen LogP contribution in [0.15, 0.2) is 24.3 Å². The Labute approximate surface area is 114 Å². The maximum Gasteiger partial charge on any atom is 0.226 e. The van der Waals surface area contributed by atoms with E-state index in [1.165, 1.54) is 12.8 Å². The van der Waals surface area contributed by atoms with Crippen LogP contribution >= 0.6 is 0 Å². The molecular formula is C15H22N2O2. The van der Waals surface area contributed by atoms with Crippen molar-refractivity contribution in [1.29, 1.82) is 0 Å². The first-order valence-corrected chi connectivity index (χ1v) is 6.79. The standard InChI is InChI=1S/C15H22N2O2/c1-17(11-13-4-3-9-16-13)15(18)10-12-5-7-14(19-2)8-6-12/h5-8,13,16H,3-4,9-11H2,1-2H3. The van der Waals surface area contributed by atoms with Gasteiger partial charge in [0.25, 0.3) is 0 Å². The third kappa shape index (κ3) is 3.96. The van der Waals surface area contributed by atoms with Gasteiger partial charge in [-0.3, -0.25) is 4.79 Å². The fourth-order valence-electron chi connectivity index (χ4n) is 2.40. The minimum absolute atomic E-state index is 0.166. The average Bonchev–Trinajstić information content (AvgIpc) is 2.92. The van der Waals surface area contributed by atoms with Gasteiger partial charge in [-0.05, 0) is 37.1 Å². The Morgan fingerprint density at radius 2 is 2.16 bits per heavy atom. The molecule has 2 rings (SSSR count). The van der Waals surface area contributed by atoms with Crippen molar-refractivity contribution in [3.05, 3.63) is 29.8 Å². The number of benzene rings is 1. The van der Waals surface area contributed by atoms with Crippen molar-refractivity contribution in [3.8, 4) is 5.75 Å². The molecule has 0 radical (unpaired) electrons. The largest absolute Gasteiger partial charge is 0.497 e. The molecule has 4 heteroatoms. The summed E-state index contributed by atoms with van der Waals surface area (Å²) >= 11 is 0. The van der Waals surface area contributed by atoms with E-state index < -0.39 is 0 Å². The molecule has 1 unspecified atom stereocenters. The van der Waals surface area contributed by atoms with Crippen LogP contribution in [0.3, 0.4) is 0 Å². The Morgan fingerprint density at radius 3 is 2.74 bits per heavy atom. The van der Waals surface area contributed by atoms with Crippen molar-refractivity contribution >= 4 is 5.91 Å². The fourth-order valence-corrected chi connectivity index (χ4v) is 2.40. The van der Waals surface area contributed by atoms with Gasteiger partial charge >= 0.3 is 0 Å². The SMILES string of the molecule is COc1ccc(CC(=O)N(C)CC2CCCN2)cc1. The molecule has 1 saturated heterocycles. The average molecular weight is 262 g/mol. The van der Waals surface area contributed by atoms with Gasteiger partial charge in [0.05, 0.1) is 13.5 Å². The Kier molecular flexibility index (Phi) is 4.80. The zero-order chi connectivity index (χ0) is 13.7. The van der Waals surface area contributed by atoms with E-state index in [-0.39, 0.29) is 5.91 Å². The van der Waals surface area contributed by atoms with Crippen LogP contribution < -0.4 is 10.1 Å². The molecule has 19 heavy (non-hydrogen) atoms. The number of likely N-dealkylation sites (N-methyl/N-ethyl adjacent to an activating group) is 1. The van der Waals surface area contributed by atoms with E-state index in [0.29, 0.717) is 12.5 Å².